The van der Waals surface area contributed by atoms with Crippen LogP contribution in [0.2, 0.25) is 0 Å². The van der Waals surface area contributed by atoms with Crippen LogP contribution in [0.25, 0.3) is 10.6 Å². The molecular formula is C16H16N2O5S. The van der Waals surface area contributed by atoms with E-state index in [1.807, 2.05) is 18.2 Å². The van der Waals surface area contributed by atoms with Gasteiger partial charge in [0.1, 0.15) is 23.9 Å². The van der Waals surface area contributed by atoms with E-state index in [1.54, 1.807) is 12.4 Å². The first-order valence-electron chi connectivity index (χ1n) is 7.37. The van der Waals surface area contributed by atoms with Crippen LogP contribution in [0.5, 0.6) is 11.5 Å². The molecule has 1 N–H and O–H groups in total. The summed E-state index contributed by atoms with van der Waals surface area (Å²) in [6.07, 6.45) is -0.0958. The van der Waals surface area contributed by atoms with Gasteiger partial charge in [-0.05, 0) is 18.2 Å². The Morgan fingerprint density at radius 2 is 2.04 bits per heavy atom. The Morgan fingerprint density at radius 3 is 2.79 bits per heavy atom. The third-order valence-electron chi connectivity index (χ3n) is 3.52. The summed E-state index contributed by atoms with van der Waals surface area (Å²) >= 11 is 1.35. The Balaban J connectivity index is 1.75. The first-order chi connectivity index (χ1) is 11.5. The number of carboxylic acids is 1. The Hall–Kier alpha value is -2.61. The number of aromatic nitrogens is 1. The average Bonchev–Trinajstić information content (AvgIpc) is 3.08. The molecule has 0 radical (unpaired) electrons. The molecule has 1 aromatic carbocycles. The minimum absolute atomic E-state index is 0.0958. The second kappa shape index (κ2) is 6.88. The van der Waals surface area contributed by atoms with E-state index >= 15 is 0 Å². The number of carbonyl (C=O) groups excluding carboxylic acids is 1. The molecule has 0 atom stereocenters. The number of benzene rings is 1. The smallest absolute Gasteiger partial charge is 0.305 e. The lowest BCUT2D eigenvalue weighted by Gasteiger charge is -2.18. The van der Waals surface area contributed by atoms with E-state index in [4.69, 9.17) is 14.6 Å². The highest BCUT2D eigenvalue weighted by molar-refractivity contribution is 7.13. The quantitative estimate of drug-likeness (QED) is 0.890. The highest BCUT2D eigenvalue weighted by atomic mass is 32.1. The summed E-state index contributed by atoms with van der Waals surface area (Å²) in [4.78, 5) is 28.6. The molecule has 0 bridgehead atoms. The summed E-state index contributed by atoms with van der Waals surface area (Å²) in [6, 6.07) is 5.54. The minimum atomic E-state index is -0.940. The number of thiazole rings is 1. The van der Waals surface area contributed by atoms with Gasteiger partial charge in [0.25, 0.3) is 5.91 Å². The van der Waals surface area contributed by atoms with Crippen LogP contribution in [-0.2, 0) is 4.79 Å². The molecule has 1 aromatic heterocycles. The molecule has 0 spiro atoms. The Labute approximate surface area is 142 Å². The topological polar surface area (TPSA) is 89.0 Å². The molecule has 1 aliphatic heterocycles. The predicted molar refractivity (Wildman–Crippen MR) is 87.8 cm³/mol. The van der Waals surface area contributed by atoms with E-state index in [1.165, 1.54) is 16.2 Å². The van der Waals surface area contributed by atoms with Crippen molar-refractivity contribution in [2.24, 2.45) is 0 Å². The average molecular weight is 348 g/mol. The molecule has 0 aliphatic carbocycles. The van der Waals surface area contributed by atoms with Crippen LogP contribution in [0.1, 0.15) is 16.9 Å². The van der Waals surface area contributed by atoms with Gasteiger partial charge in [-0.1, -0.05) is 0 Å². The number of aliphatic carboxylic acids is 1. The summed E-state index contributed by atoms with van der Waals surface area (Å²) in [6.45, 7) is 1.18. The Morgan fingerprint density at radius 1 is 1.29 bits per heavy atom. The van der Waals surface area contributed by atoms with Gasteiger partial charge in [-0.2, -0.15) is 0 Å². The lowest BCUT2D eigenvalue weighted by Crippen LogP contribution is -2.29. The zero-order valence-electron chi connectivity index (χ0n) is 13.0. The van der Waals surface area contributed by atoms with E-state index < -0.39 is 5.97 Å². The second-order valence-electron chi connectivity index (χ2n) is 5.27. The van der Waals surface area contributed by atoms with Crippen LogP contribution in [0.15, 0.2) is 23.6 Å². The number of rotatable bonds is 5. The van der Waals surface area contributed by atoms with Gasteiger partial charge in [-0.25, -0.2) is 4.98 Å². The number of carbonyl (C=O) groups is 2. The maximum Gasteiger partial charge on any atom is 0.305 e. The van der Waals surface area contributed by atoms with E-state index in [2.05, 4.69) is 4.98 Å². The van der Waals surface area contributed by atoms with E-state index in [0.29, 0.717) is 35.4 Å². The molecule has 2 aromatic rings. The van der Waals surface area contributed by atoms with Crippen molar-refractivity contribution in [2.75, 3.05) is 26.8 Å². The van der Waals surface area contributed by atoms with Gasteiger partial charge in [0.2, 0.25) is 0 Å². The number of hydrogen-bond acceptors (Lipinski definition) is 6. The molecule has 7 nitrogen and oxygen atoms in total. The van der Waals surface area contributed by atoms with E-state index in [9.17, 15) is 9.59 Å². The fraction of sp³-hybridized carbons (Fsp3) is 0.312. The first-order valence-corrected chi connectivity index (χ1v) is 8.25. The van der Waals surface area contributed by atoms with Crippen LogP contribution >= 0.6 is 11.3 Å². The summed E-state index contributed by atoms with van der Waals surface area (Å²) in [5.41, 5.74) is 1.15. The van der Waals surface area contributed by atoms with Gasteiger partial charge < -0.3 is 19.5 Å². The lowest BCUT2D eigenvalue weighted by molar-refractivity contribution is -0.137. The number of ether oxygens (including phenoxy) is 2. The van der Waals surface area contributed by atoms with Crippen molar-refractivity contribution in [3.8, 4) is 22.1 Å². The summed E-state index contributed by atoms with van der Waals surface area (Å²) in [7, 11) is 1.56. The van der Waals surface area contributed by atoms with Crippen molar-refractivity contribution in [3.05, 3.63) is 29.3 Å². The first kappa shape index (κ1) is 16.3. The third-order valence-corrected chi connectivity index (χ3v) is 4.41. The summed E-state index contributed by atoms with van der Waals surface area (Å²) in [5.74, 6) is 0.132. The number of nitrogens with zero attached hydrogens (tertiary/aromatic N) is 2. The van der Waals surface area contributed by atoms with E-state index in [0.717, 1.165) is 5.56 Å². The second-order valence-corrected chi connectivity index (χ2v) is 6.12. The van der Waals surface area contributed by atoms with Crippen molar-refractivity contribution < 1.29 is 24.2 Å². The van der Waals surface area contributed by atoms with Crippen molar-refractivity contribution in [1.82, 2.24) is 9.88 Å². The van der Waals surface area contributed by atoms with Gasteiger partial charge >= 0.3 is 5.97 Å². The molecule has 126 valence electrons. The highest BCUT2D eigenvalue weighted by Crippen LogP contribution is 2.35. The van der Waals surface area contributed by atoms with Crippen LogP contribution in [0.3, 0.4) is 0 Å². The zero-order chi connectivity index (χ0) is 17.1. The molecule has 3 rings (SSSR count). The molecule has 1 aliphatic rings. The summed E-state index contributed by atoms with van der Waals surface area (Å²) < 4.78 is 11.0. The maximum atomic E-state index is 12.3. The maximum absolute atomic E-state index is 12.3. The molecule has 24 heavy (non-hydrogen) atoms. The molecule has 0 saturated carbocycles. The van der Waals surface area contributed by atoms with Crippen LogP contribution < -0.4 is 9.47 Å². The third kappa shape index (κ3) is 3.48. The Bertz CT molecular complexity index is 774. The molecule has 8 heteroatoms. The molecule has 2 heterocycles. The fourth-order valence-electron chi connectivity index (χ4n) is 2.24. The Kier molecular flexibility index (Phi) is 4.66. The molecule has 0 fully saturated rings. The van der Waals surface area contributed by atoms with Crippen molar-refractivity contribution in [1.29, 1.82) is 0 Å². The largest absolute Gasteiger partial charge is 0.486 e. The highest BCUT2D eigenvalue weighted by Gasteiger charge is 2.18. The zero-order valence-corrected chi connectivity index (χ0v) is 13.8. The number of hydrogen-bond donors (Lipinski definition) is 1. The fourth-order valence-corrected chi connectivity index (χ4v) is 3.03. The standard InChI is InChI=1S/C16H16N2O5S/c1-18(5-4-14(19)20)16(21)11-9-24-15(17-11)10-2-3-12-13(8-10)23-7-6-22-12/h2-3,8-9H,4-7H2,1H3,(H,19,20). The summed E-state index contributed by atoms with van der Waals surface area (Å²) in [5, 5.41) is 11.1. The van der Waals surface area contributed by atoms with Crippen molar-refractivity contribution in [2.45, 2.75) is 6.42 Å². The molecule has 0 saturated heterocycles. The predicted octanol–water partition coefficient (Wildman–Crippen LogP) is 2.13. The van der Waals surface area contributed by atoms with Crippen molar-refractivity contribution >= 4 is 23.2 Å². The van der Waals surface area contributed by atoms with Gasteiger partial charge in [0, 0.05) is 24.5 Å². The van der Waals surface area contributed by atoms with Crippen LogP contribution in [0.4, 0.5) is 0 Å². The molecular weight excluding hydrogens is 332 g/mol. The van der Waals surface area contributed by atoms with Gasteiger partial charge in [0.15, 0.2) is 11.5 Å². The lowest BCUT2D eigenvalue weighted by atomic mass is 10.2. The molecule has 1 amide bonds. The molecule has 0 unspecified atom stereocenters. The SMILES string of the molecule is CN(CCC(=O)O)C(=O)c1csc(-c2ccc3c(c2)OCCO3)n1. The minimum Gasteiger partial charge on any atom is -0.486 e. The number of amides is 1. The van der Waals surface area contributed by atoms with E-state index in [-0.39, 0.29) is 18.9 Å². The normalized spacial score (nSPS) is 12.7. The van der Waals surface area contributed by atoms with Crippen LogP contribution in [0, 0.1) is 0 Å². The number of carboxylic acid groups (broad SMARTS) is 1. The van der Waals surface area contributed by atoms with Gasteiger partial charge in [0.05, 0.1) is 6.42 Å². The number of fused-ring (bicyclic) bond motifs is 1. The van der Waals surface area contributed by atoms with Crippen molar-refractivity contribution in [3.63, 3.8) is 0 Å². The van der Waals surface area contributed by atoms with Crippen LogP contribution in [-0.4, -0.2) is 53.7 Å². The van der Waals surface area contributed by atoms with Gasteiger partial charge in [-0.3, -0.25) is 9.59 Å². The monoisotopic (exact) mass is 348 g/mol. The van der Waals surface area contributed by atoms with Gasteiger partial charge in [-0.15, -0.1) is 11.3 Å².